The standard InChI is InChI=1S/C12H15ClN6O/c1-3-14-11-9(13)4-8(5-15-11)12(20)19(2)6-10-16-7-17-18-10/h4-5,7H,3,6H2,1-2H3,(H,14,15)(H,16,17,18). The molecule has 0 spiro atoms. The number of amides is 1. The second-order valence-corrected chi connectivity index (χ2v) is 4.59. The first-order valence-corrected chi connectivity index (χ1v) is 6.48. The summed E-state index contributed by atoms with van der Waals surface area (Å²) in [7, 11) is 1.68. The minimum atomic E-state index is -0.182. The van der Waals surface area contributed by atoms with Crippen LogP contribution in [-0.4, -0.2) is 44.6 Å². The molecule has 1 amide bonds. The molecule has 0 bridgehead atoms. The number of carbonyl (C=O) groups excluding carboxylic acids is 1. The number of pyridine rings is 1. The van der Waals surface area contributed by atoms with E-state index in [-0.39, 0.29) is 5.91 Å². The highest BCUT2D eigenvalue weighted by molar-refractivity contribution is 6.33. The lowest BCUT2D eigenvalue weighted by Crippen LogP contribution is -2.27. The lowest BCUT2D eigenvalue weighted by atomic mass is 10.2. The molecule has 8 heteroatoms. The maximum atomic E-state index is 12.2. The van der Waals surface area contributed by atoms with Crippen LogP contribution < -0.4 is 5.32 Å². The number of anilines is 1. The van der Waals surface area contributed by atoms with Crippen molar-refractivity contribution in [3.05, 3.63) is 35.0 Å². The number of nitrogens with zero attached hydrogens (tertiary/aromatic N) is 4. The average Bonchev–Trinajstić information content (AvgIpc) is 2.93. The zero-order valence-electron chi connectivity index (χ0n) is 11.2. The molecular formula is C12H15ClN6O. The van der Waals surface area contributed by atoms with E-state index >= 15 is 0 Å². The first-order chi connectivity index (χ1) is 9.61. The largest absolute Gasteiger partial charge is 0.369 e. The number of H-pyrrole nitrogens is 1. The molecule has 2 rings (SSSR count). The Bertz CT molecular complexity index is 586. The van der Waals surface area contributed by atoms with Gasteiger partial charge in [-0.05, 0) is 13.0 Å². The maximum absolute atomic E-state index is 12.2. The SMILES string of the molecule is CCNc1ncc(C(=O)N(C)Cc2ncn[nH]2)cc1Cl. The summed E-state index contributed by atoms with van der Waals surface area (Å²) < 4.78 is 0. The molecule has 0 aromatic carbocycles. The van der Waals surface area contributed by atoms with Crippen LogP contribution in [0, 0.1) is 0 Å². The molecule has 0 saturated heterocycles. The van der Waals surface area contributed by atoms with Crippen molar-refractivity contribution in [3.63, 3.8) is 0 Å². The topological polar surface area (TPSA) is 86.8 Å². The van der Waals surface area contributed by atoms with Gasteiger partial charge in [0.25, 0.3) is 5.91 Å². The van der Waals surface area contributed by atoms with Crippen LogP contribution >= 0.6 is 11.6 Å². The van der Waals surface area contributed by atoms with Crippen molar-refractivity contribution < 1.29 is 4.79 Å². The van der Waals surface area contributed by atoms with Crippen LogP contribution in [0.2, 0.25) is 5.02 Å². The maximum Gasteiger partial charge on any atom is 0.255 e. The summed E-state index contributed by atoms with van der Waals surface area (Å²) in [6.07, 6.45) is 2.90. The molecule has 2 N–H and O–H groups in total. The minimum Gasteiger partial charge on any atom is -0.369 e. The van der Waals surface area contributed by atoms with Crippen LogP contribution in [0.3, 0.4) is 0 Å². The Labute approximate surface area is 121 Å². The molecule has 2 aromatic rings. The highest BCUT2D eigenvalue weighted by Crippen LogP contribution is 2.20. The number of nitrogens with one attached hydrogen (secondary N) is 2. The molecule has 7 nitrogen and oxygen atoms in total. The first kappa shape index (κ1) is 14.3. The molecule has 0 aliphatic heterocycles. The summed E-state index contributed by atoms with van der Waals surface area (Å²) in [4.78, 5) is 21.9. The summed E-state index contributed by atoms with van der Waals surface area (Å²) in [6.45, 7) is 3.00. The van der Waals surface area contributed by atoms with Gasteiger partial charge in [0.05, 0.1) is 17.1 Å². The molecule has 0 atom stereocenters. The molecule has 0 aliphatic rings. The zero-order chi connectivity index (χ0) is 14.5. The van der Waals surface area contributed by atoms with Gasteiger partial charge in [-0.1, -0.05) is 11.6 Å². The van der Waals surface area contributed by atoms with Gasteiger partial charge >= 0.3 is 0 Å². The Morgan fingerprint density at radius 2 is 2.30 bits per heavy atom. The van der Waals surface area contributed by atoms with E-state index in [1.165, 1.54) is 17.4 Å². The second-order valence-electron chi connectivity index (χ2n) is 4.18. The Morgan fingerprint density at radius 3 is 2.90 bits per heavy atom. The molecule has 0 fully saturated rings. The highest BCUT2D eigenvalue weighted by Gasteiger charge is 2.15. The number of aromatic nitrogens is 4. The monoisotopic (exact) mass is 294 g/mol. The summed E-state index contributed by atoms with van der Waals surface area (Å²) in [5, 5.41) is 9.88. The van der Waals surface area contributed by atoms with E-state index in [2.05, 4.69) is 25.5 Å². The number of hydrogen-bond donors (Lipinski definition) is 2. The van der Waals surface area contributed by atoms with Crippen LogP contribution in [0.5, 0.6) is 0 Å². The van der Waals surface area contributed by atoms with Crippen molar-refractivity contribution >= 4 is 23.3 Å². The fourth-order valence-electron chi connectivity index (χ4n) is 1.68. The van der Waals surface area contributed by atoms with Crippen LogP contribution in [0.4, 0.5) is 5.82 Å². The number of carbonyl (C=O) groups is 1. The molecule has 0 unspecified atom stereocenters. The summed E-state index contributed by atoms with van der Waals surface area (Å²) in [5.41, 5.74) is 0.429. The third-order valence-corrected chi connectivity index (χ3v) is 2.92. The van der Waals surface area contributed by atoms with Gasteiger partial charge in [-0.2, -0.15) is 5.10 Å². The van der Waals surface area contributed by atoms with E-state index in [4.69, 9.17) is 11.6 Å². The van der Waals surface area contributed by atoms with E-state index in [1.54, 1.807) is 13.1 Å². The molecule has 2 aromatic heterocycles. The Morgan fingerprint density at radius 1 is 1.50 bits per heavy atom. The van der Waals surface area contributed by atoms with Crippen molar-refractivity contribution in [1.82, 2.24) is 25.1 Å². The lowest BCUT2D eigenvalue weighted by Gasteiger charge is -2.16. The van der Waals surface area contributed by atoms with Crippen molar-refractivity contribution in [2.75, 3.05) is 18.9 Å². The molecule has 0 aliphatic carbocycles. The van der Waals surface area contributed by atoms with Crippen molar-refractivity contribution in [2.24, 2.45) is 0 Å². The van der Waals surface area contributed by atoms with E-state index in [0.29, 0.717) is 35.3 Å². The predicted octanol–water partition coefficient (Wildman–Crippen LogP) is 1.56. The van der Waals surface area contributed by atoms with Gasteiger partial charge in [0.1, 0.15) is 18.0 Å². The third-order valence-electron chi connectivity index (χ3n) is 2.63. The first-order valence-electron chi connectivity index (χ1n) is 6.11. The smallest absolute Gasteiger partial charge is 0.255 e. The highest BCUT2D eigenvalue weighted by atomic mass is 35.5. The molecular weight excluding hydrogens is 280 g/mol. The third kappa shape index (κ3) is 3.24. The Balaban J connectivity index is 2.10. The lowest BCUT2D eigenvalue weighted by molar-refractivity contribution is 0.0781. The summed E-state index contributed by atoms with van der Waals surface area (Å²) >= 11 is 6.08. The van der Waals surface area contributed by atoms with Gasteiger partial charge in [0.2, 0.25) is 0 Å². The molecule has 106 valence electrons. The van der Waals surface area contributed by atoms with Crippen LogP contribution in [0.1, 0.15) is 23.1 Å². The van der Waals surface area contributed by atoms with Gasteiger partial charge in [-0.15, -0.1) is 0 Å². The number of rotatable bonds is 5. The van der Waals surface area contributed by atoms with Crippen molar-refractivity contribution in [3.8, 4) is 0 Å². The second kappa shape index (κ2) is 6.33. The summed E-state index contributed by atoms with van der Waals surface area (Å²) in [6, 6.07) is 1.60. The van der Waals surface area contributed by atoms with Crippen molar-refractivity contribution in [2.45, 2.75) is 13.5 Å². The van der Waals surface area contributed by atoms with E-state index in [9.17, 15) is 4.79 Å². The van der Waals surface area contributed by atoms with Gasteiger partial charge in [-0.25, -0.2) is 9.97 Å². The number of halogens is 1. The molecule has 2 heterocycles. The molecule has 0 radical (unpaired) electrons. The van der Waals surface area contributed by atoms with Crippen LogP contribution in [0.25, 0.3) is 0 Å². The Kier molecular flexibility index (Phi) is 4.52. The molecule has 0 saturated carbocycles. The Hall–Kier alpha value is -2.15. The minimum absolute atomic E-state index is 0.182. The van der Waals surface area contributed by atoms with E-state index < -0.39 is 0 Å². The summed E-state index contributed by atoms with van der Waals surface area (Å²) in [5.74, 6) is 1.01. The van der Waals surface area contributed by atoms with Gasteiger partial charge in [0.15, 0.2) is 0 Å². The van der Waals surface area contributed by atoms with Gasteiger partial charge in [-0.3, -0.25) is 9.89 Å². The number of hydrogen-bond acceptors (Lipinski definition) is 5. The quantitative estimate of drug-likeness (QED) is 0.874. The van der Waals surface area contributed by atoms with E-state index in [1.807, 2.05) is 6.92 Å². The van der Waals surface area contributed by atoms with Gasteiger partial charge < -0.3 is 10.2 Å². The fourth-order valence-corrected chi connectivity index (χ4v) is 1.91. The van der Waals surface area contributed by atoms with Crippen LogP contribution in [0.15, 0.2) is 18.6 Å². The molecule has 20 heavy (non-hydrogen) atoms. The zero-order valence-corrected chi connectivity index (χ0v) is 12.0. The fraction of sp³-hybridized carbons (Fsp3) is 0.333. The normalized spacial score (nSPS) is 10.3. The average molecular weight is 295 g/mol. The predicted molar refractivity (Wildman–Crippen MR) is 75.6 cm³/mol. The van der Waals surface area contributed by atoms with Crippen LogP contribution in [-0.2, 0) is 6.54 Å². The van der Waals surface area contributed by atoms with Gasteiger partial charge in [0, 0.05) is 19.8 Å². The van der Waals surface area contributed by atoms with Crippen molar-refractivity contribution in [1.29, 1.82) is 0 Å². The number of aromatic amines is 1. The van der Waals surface area contributed by atoms with E-state index in [0.717, 1.165) is 0 Å².